The standard InChI is InChI=1S/C3H6N4S/c1-2-8-7-5-3-4-6-7/h3H,2H2,1H3. The predicted octanol–water partition coefficient (Wildman–Crippen LogP) is 0.189. The number of rotatable bonds is 2. The lowest BCUT2D eigenvalue weighted by molar-refractivity contribution is 0.817. The lowest BCUT2D eigenvalue weighted by Gasteiger charge is -1.87. The minimum absolute atomic E-state index is 0.969. The number of hydrogen-bond acceptors (Lipinski definition) is 4. The Labute approximate surface area is 51.4 Å². The predicted molar refractivity (Wildman–Crippen MR) is 31.3 cm³/mol. The van der Waals surface area contributed by atoms with Crippen LogP contribution >= 0.6 is 11.9 Å². The molecule has 1 heterocycles. The Kier molecular flexibility index (Phi) is 1.85. The highest BCUT2D eigenvalue weighted by Gasteiger charge is 1.86. The smallest absolute Gasteiger partial charge is 0.129 e. The number of aromatic nitrogens is 4. The Bertz CT molecular complexity index is 137. The van der Waals surface area contributed by atoms with Crippen molar-refractivity contribution in [2.75, 3.05) is 5.75 Å². The molecule has 4 nitrogen and oxygen atoms in total. The molecule has 0 fully saturated rings. The summed E-state index contributed by atoms with van der Waals surface area (Å²) in [6.07, 6.45) is 1.42. The second-order valence-electron chi connectivity index (χ2n) is 1.11. The van der Waals surface area contributed by atoms with Gasteiger partial charge in [-0.05, 0) is 17.2 Å². The van der Waals surface area contributed by atoms with Gasteiger partial charge in [0.1, 0.15) is 0 Å². The SMILES string of the molecule is CCSn1ncnn1. The summed E-state index contributed by atoms with van der Waals surface area (Å²) in [5.41, 5.74) is 0. The van der Waals surface area contributed by atoms with Gasteiger partial charge in [0.15, 0.2) is 6.33 Å². The minimum atomic E-state index is 0.969. The largest absolute Gasteiger partial charge is 0.163 e. The van der Waals surface area contributed by atoms with Crippen LogP contribution in [0.4, 0.5) is 0 Å². The van der Waals surface area contributed by atoms with Gasteiger partial charge in [-0.1, -0.05) is 6.92 Å². The average molecular weight is 130 g/mol. The molecule has 0 aliphatic carbocycles. The summed E-state index contributed by atoms with van der Waals surface area (Å²) in [7, 11) is 0. The molecule has 8 heavy (non-hydrogen) atoms. The van der Waals surface area contributed by atoms with Crippen LogP contribution in [-0.2, 0) is 0 Å². The second kappa shape index (κ2) is 2.66. The first-order valence-corrected chi connectivity index (χ1v) is 3.24. The summed E-state index contributed by atoms with van der Waals surface area (Å²) in [5, 5.41) is 10.9. The first-order valence-electron chi connectivity index (χ1n) is 2.29. The first kappa shape index (κ1) is 5.55. The Morgan fingerprint density at radius 1 is 1.75 bits per heavy atom. The van der Waals surface area contributed by atoms with E-state index in [1.54, 1.807) is 0 Å². The molecule has 1 rings (SSSR count). The molecular weight excluding hydrogens is 124 g/mol. The van der Waals surface area contributed by atoms with Gasteiger partial charge >= 0.3 is 0 Å². The highest BCUT2D eigenvalue weighted by atomic mass is 32.2. The van der Waals surface area contributed by atoms with Gasteiger partial charge in [0.2, 0.25) is 0 Å². The fraction of sp³-hybridized carbons (Fsp3) is 0.667. The fourth-order valence-corrected chi connectivity index (χ4v) is 0.766. The zero-order valence-corrected chi connectivity index (χ0v) is 5.30. The van der Waals surface area contributed by atoms with Crippen LogP contribution in [0.5, 0.6) is 0 Å². The van der Waals surface area contributed by atoms with Crippen molar-refractivity contribution >= 4 is 11.9 Å². The van der Waals surface area contributed by atoms with Gasteiger partial charge in [-0.15, -0.1) is 14.4 Å². The average Bonchev–Trinajstić information content (AvgIpc) is 2.19. The molecule has 44 valence electrons. The van der Waals surface area contributed by atoms with E-state index >= 15 is 0 Å². The van der Waals surface area contributed by atoms with Crippen molar-refractivity contribution in [3.63, 3.8) is 0 Å². The van der Waals surface area contributed by atoms with Crippen molar-refractivity contribution in [1.82, 2.24) is 19.6 Å². The number of hydrogen-bond donors (Lipinski definition) is 0. The number of nitrogens with zero attached hydrogens (tertiary/aromatic N) is 4. The van der Waals surface area contributed by atoms with Gasteiger partial charge in [-0.2, -0.15) is 0 Å². The van der Waals surface area contributed by atoms with Gasteiger partial charge in [0.05, 0.1) is 0 Å². The van der Waals surface area contributed by atoms with Crippen molar-refractivity contribution in [2.24, 2.45) is 0 Å². The monoisotopic (exact) mass is 130 g/mol. The van der Waals surface area contributed by atoms with Gasteiger partial charge < -0.3 is 0 Å². The topological polar surface area (TPSA) is 43.6 Å². The Hall–Kier alpha value is -0.580. The van der Waals surface area contributed by atoms with Crippen LogP contribution in [0, 0.1) is 0 Å². The van der Waals surface area contributed by atoms with E-state index in [0.29, 0.717) is 0 Å². The molecule has 0 aromatic carbocycles. The maximum Gasteiger partial charge on any atom is 0.163 e. The molecule has 0 radical (unpaired) electrons. The van der Waals surface area contributed by atoms with Crippen molar-refractivity contribution in [2.45, 2.75) is 6.92 Å². The molecule has 1 aromatic rings. The molecule has 0 saturated heterocycles. The van der Waals surface area contributed by atoms with Gasteiger partial charge in [0, 0.05) is 5.75 Å². The lowest BCUT2D eigenvalue weighted by atomic mass is 11.0. The lowest BCUT2D eigenvalue weighted by Crippen LogP contribution is -1.91. The van der Waals surface area contributed by atoms with Crippen LogP contribution in [0.3, 0.4) is 0 Å². The quantitative estimate of drug-likeness (QED) is 0.573. The van der Waals surface area contributed by atoms with Crippen molar-refractivity contribution in [3.8, 4) is 0 Å². The maximum absolute atomic E-state index is 3.76. The summed E-state index contributed by atoms with van der Waals surface area (Å²) < 4.78 is 1.49. The molecule has 0 spiro atoms. The van der Waals surface area contributed by atoms with Gasteiger partial charge in [-0.25, -0.2) is 0 Å². The third-order valence-corrected chi connectivity index (χ3v) is 1.23. The van der Waals surface area contributed by atoms with Crippen molar-refractivity contribution in [1.29, 1.82) is 0 Å². The van der Waals surface area contributed by atoms with E-state index in [4.69, 9.17) is 0 Å². The van der Waals surface area contributed by atoms with Crippen LogP contribution in [-0.4, -0.2) is 25.4 Å². The Morgan fingerprint density at radius 2 is 2.62 bits per heavy atom. The first-order chi connectivity index (χ1) is 3.93. The molecule has 0 saturated carbocycles. The highest BCUT2D eigenvalue weighted by Crippen LogP contribution is 1.95. The fourth-order valence-electron chi connectivity index (χ4n) is 0.332. The van der Waals surface area contributed by atoms with Crippen LogP contribution in [0.25, 0.3) is 0 Å². The molecule has 5 heteroatoms. The summed E-state index contributed by atoms with van der Waals surface area (Å²) in [4.78, 5) is 0. The second-order valence-corrected chi connectivity index (χ2v) is 2.27. The Morgan fingerprint density at radius 3 is 3.12 bits per heavy atom. The van der Waals surface area contributed by atoms with Crippen molar-refractivity contribution < 1.29 is 0 Å². The number of tetrazole rings is 1. The molecule has 0 aliphatic rings. The van der Waals surface area contributed by atoms with E-state index in [1.807, 2.05) is 6.92 Å². The molecule has 0 amide bonds. The molecule has 0 aliphatic heterocycles. The van der Waals surface area contributed by atoms with E-state index in [1.165, 1.54) is 22.5 Å². The molecule has 1 aromatic heterocycles. The van der Waals surface area contributed by atoms with E-state index in [0.717, 1.165) is 5.75 Å². The van der Waals surface area contributed by atoms with E-state index in [2.05, 4.69) is 15.4 Å². The molecule has 0 N–H and O–H groups in total. The van der Waals surface area contributed by atoms with E-state index in [-0.39, 0.29) is 0 Å². The van der Waals surface area contributed by atoms with Crippen LogP contribution < -0.4 is 0 Å². The molecule has 0 atom stereocenters. The summed E-state index contributed by atoms with van der Waals surface area (Å²) in [6.45, 7) is 2.04. The van der Waals surface area contributed by atoms with Crippen LogP contribution in [0.2, 0.25) is 0 Å². The zero-order valence-electron chi connectivity index (χ0n) is 4.48. The normalized spacial score (nSPS) is 9.62. The van der Waals surface area contributed by atoms with E-state index in [9.17, 15) is 0 Å². The minimum Gasteiger partial charge on any atom is -0.129 e. The van der Waals surface area contributed by atoms with E-state index < -0.39 is 0 Å². The molecule has 0 bridgehead atoms. The van der Waals surface area contributed by atoms with Crippen LogP contribution in [0.1, 0.15) is 6.92 Å². The van der Waals surface area contributed by atoms with Crippen LogP contribution in [0.15, 0.2) is 6.33 Å². The van der Waals surface area contributed by atoms with Gasteiger partial charge in [-0.3, -0.25) is 0 Å². The molecular formula is C3H6N4S. The highest BCUT2D eigenvalue weighted by molar-refractivity contribution is 7.97. The van der Waals surface area contributed by atoms with Crippen molar-refractivity contribution in [3.05, 3.63) is 6.33 Å². The third-order valence-electron chi connectivity index (χ3n) is 0.575. The third kappa shape index (κ3) is 1.19. The summed E-state index contributed by atoms with van der Waals surface area (Å²) in [5.74, 6) is 0.969. The summed E-state index contributed by atoms with van der Waals surface area (Å²) in [6, 6.07) is 0. The maximum atomic E-state index is 3.76. The summed E-state index contributed by atoms with van der Waals surface area (Å²) >= 11 is 1.51. The van der Waals surface area contributed by atoms with Gasteiger partial charge in [0.25, 0.3) is 0 Å². The Balaban J connectivity index is 2.50. The zero-order chi connectivity index (χ0) is 5.82. The molecule has 0 unspecified atom stereocenters.